The van der Waals surface area contributed by atoms with Crippen molar-refractivity contribution in [1.29, 1.82) is 0 Å². The predicted molar refractivity (Wildman–Crippen MR) is 81.5 cm³/mol. The first kappa shape index (κ1) is 15.6. The van der Waals surface area contributed by atoms with Gasteiger partial charge in [-0.15, -0.1) is 11.3 Å². The molecule has 0 aliphatic rings. The Kier molecular flexibility index (Phi) is 4.60. The molecule has 0 bridgehead atoms. The van der Waals surface area contributed by atoms with Crippen LogP contribution in [0.5, 0.6) is 0 Å². The van der Waals surface area contributed by atoms with Crippen molar-refractivity contribution < 1.29 is 0 Å². The number of rotatable bonds is 3. The Morgan fingerprint density at radius 3 is 2.06 bits per heavy atom. The van der Waals surface area contributed by atoms with E-state index in [9.17, 15) is 0 Å². The van der Waals surface area contributed by atoms with Crippen molar-refractivity contribution in [3.63, 3.8) is 0 Å². The highest BCUT2D eigenvalue weighted by atomic mass is 32.1. The minimum Gasteiger partial charge on any atom is -0.307 e. The Bertz CT molecular complexity index is 392. The molecule has 0 aliphatic carbocycles. The summed E-state index contributed by atoms with van der Waals surface area (Å²) in [6, 6.07) is 0. The summed E-state index contributed by atoms with van der Waals surface area (Å²) in [4.78, 5) is 6.25. The number of aromatic nitrogens is 1. The fraction of sp³-hybridized carbons (Fsp3) is 0.800. The lowest BCUT2D eigenvalue weighted by atomic mass is 9.98. The Morgan fingerprint density at radius 2 is 1.67 bits per heavy atom. The maximum atomic E-state index is 4.86. The van der Waals surface area contributed by atoms with Gasteiger partial charge in [0.1, 0.15) is 0 Å². The van der Waals surface area contributed by atoms with E-state index in [1.165, 1.54) is 15.6 Å². The summed E-state index contributed by atoms with van der Waals surface area (Å²) in [7, 11) is 0. The van der Waals surface area contributed by atoms with E-state index >= 15 is 0 Å². The molecule has 1 N–H and O–H groups in total. The average molecular weight is 268 g/mol. The van der Waals surface area contributed by atoms with Gasteiger partial charge in [-0.25, -0.2) is 4.98 Å². The summed E-state index contributed by atoms with van der Waals surface area (Å²) in [5.41, 5.74) is 1.57. The zero-order chi connectivity index (χ0) is 14.1. The molecule has 0 fully saturated rings. The highest BCUT2D eigenvalue weighted by Gasteiger charge is 2.23. The molecule has 0 saturated heterocycles. The fourth-order valence-corrected chi connectivity index (χ4v) is 2.82. The molecule has 0 saturated carbocycles. The molecule has 0 atom stereocenters. The lowest BCUT2D eigenvalue weighted by Crippen LogP contribution is -2.35. The Hall–Kier alpha value is -0.410. The van der Waals surface area contributed by atoms with Gasteiger partial charge in [0.2, 0.25) is 0 Å². The zero-order valence-electron chi connectivity index (χ0n) is 13.1. The highest BCUT2D eigenvalue weighted by Crippen LogP contribution is 2.32. The van der Waals surface area contributed by atoms with E-state index in [2.05, 4.69) is 60.7 Å². The second-order valence-electron chi connectivity index (χ2n) is 7.34. The van der Waals surface area contributed by atoms with Gasteiger partial charge in [0.05, 0.1) is 10.7 Å². The third-order valence-corrected chi connectivity index (χ3v) is 4.19. The van der Waals surface area contributed by atoms with E-state index in [1.807, 2.05) is 11.3 Å². The van der Waals surface area contributed by atoms with Crippen molar-refractivity contribution in [2.75, 3.05) is 0 Å². The van der Waals surface area contributed by atoms with Crippen LogP contribution in [0.15, 0.2) is 0 Å². The van der Waals surface area contributed by atoms with Crippen LogP contribution in [0.25, 0.3) is 0 Å². The standard InChI is InChI=1S/C15H28N2S/c1-10(2)12-11(9-16-15(6,7)8)18-13(17-12)14(3,4)5/h10,16H,9H2,1-8H3. The van der Waals surface area contributed by atoms with Crippen molar-refractivity contribution in [2.24, 2.45) is 0 Å². The van der Waals surface area contributed by atoms with Crippen LogP contribution in [0.3, 0.4) is 0 Å². The smallest absolute Gasteiger partial charge is 0.0985 e. The Morgan fingerprint density at radius 1 is 1.11 bits per heavy atom. The Balaban J connectivity index is 2.99. The van der Waals surface area contributed by atoms with Crippen molar-refractivity contribution >= 4 is 11.3 Å². The normalized spacial score (nSPS) is 13.4. The monoisotopic (exact) mass is 268 g/mol. The molecular formula is C15H28N2S. The topological polar surface area (TPSA) is 24.9 Å². The molecule has 1 heterocycles. The maximum Gasteiger partial charge on any atom is 0.0985 e. The zero-order valence-corrected chi connectivity index (χ0v) is 14.0. The van der Waals surface area contributed by atoms with Crippen LogP contribution in [-0.4, -0.2) is 10.5 Å². The molecule has 1 aromatic heterocycles. The molecule has 0 amide bonds. The molecule has 1 rings (SSSR count). The first-order valence-electron chi connectivity index (χ1n) is 6.76. The van der Waals surface area contributed by atoms with Gasteiger partial charge < -0.3 is 5.32 Å². The second kappa shape index (κ2) is 5.30. The largest absolute Gasteiger partial charge is 0.307 e. The van der Waals surface area contributed by atoms with Crippen molar-refractivity contribution in [2.45, 2.75) is 78.8 Å². The number of hydrogen-bond acceptors (Lipinski definition) is 3. The van der Waals surface area contributed by atoms with E-state index in [0.29, 0.717) is 5.92 Å². The minimum atomic E-state index is 0.147. The first-order chi connectivity index (χ1) is 8.00. The van der Waals surface area contributed by atoms with Crippen LogP contribution >= 0.6 is 11.3 Å². The molecule has 0 aliphatic heterocycles. The molecule has 18 heavy (non-hydrogen) atoms. The fourth-order valence-electron chi connectivity index (χ4n) is 1.61. The SMILES string of the molecule is CC(C)c1nc(C(C)(C)C)sc1CNC(C)(C)C. The number of hydrogen-bond donors (Lipinski definition) is 1. The van der Waals surface area contributed by atoms with Crippen LogP contribution in [0.2, 0.25) is 0 Å². The molecule has 104 valence electrons. The van der Waals surface area contributed by atoms with Gasteiger partial charge >= 0.3 is 0 Å². The summed E-state index contributed by atoms with van der Waals surface area (Å²) in [5.74, 6) is 0.495. The van der Waals surface area contributed by atoms with Crippen molar-refractivity contribution in [3.8, 4) is 0 Å². The molecule has 0 spiro atoms. The summed E-state index contributed by atoms with van der Waals surface area (Å²) < 4.78 is 0. The maximum absolute atomic E-state index is 4.86. The third-order valence-electron chi connectivity index (χ3n) is 2.70. The first-order valence-corrected chi connectivity index (χ1v) is 7.57. The van der Waals surface area contributed by atoms with E-state index in [-0.39, 0.29) is 11.0 Å². The average Bonchev–Trinajstić information content (AvgIpc) is 2.56. The predicted octanol–water partition coefficient (Wildman–Crippen LogP) is 4.45. The van der Waals surface area contributed by atoms with E-state index in [4.69, 9.17) is 4.98 Å². The summed E-state index contributed by atoms with van der Waals surface area (Å²) in [6.07, 6.45) is 0. The van der Waals surface area contributed by atoms with Gasteiger partial charge in [-0.05, 0) is 26.7 Å². The summed E-state index contributed by atoms with van der Waals surface area (Å²) >= 11 is 1.86. The van der Waals surface area contributed by atoms with Gasteiger partial charge in [0, 0.05) is 22.4 Å². The minimum absolute atomic E-state index is 0.147. The van der Waals surface area contributed by atoms with Gasteiger partial charge in [0.15, 0.2) is 0 Å². The van der Waals surface area contributed by atoms with E-state index < -0.39 is 0 Å². The van der Waals surface area contributed by atoms with Crippen LogP contribution < -0.4 is 5.32 Å². The molecule has 1 aromatic rings. The van der Waals surface area contributed by atoms with E-state index in [1.54, 1.807) is 0 Å². The molecule has 0 aromatic carbocycles. The molecule has 0 radical (unpaired) electrons. The van der Waals surface area contributed by atoms with Gasteiger partial charge in [-0.2, -0.15) is 0 Å². The van der Waals surface area contributed by atoms with Gasteiger partial charge in [-0.1, -0.05) is 34.6 Å². The molecule has 0 unspecified atom stereocenters. The number of nitrogens with one attached hydrogen (secondary N) is 1. The highest BCUT2D eigenvalue weighted by molar-refractivity contribution is 7.11. The van der Waals surface area contributed by atoms with E-state index in [0.717, 1.165) is 6.54 Å². The summed E-state index contributed by atoms with van der Waals surface area (Å²) in [6.45, 7) is 18.7. The second-order valence-corrected chi connectivity index (χ2v) is 8.42. The van der Waals surface area contributed by atoms with Crippen LogP contribution in [0.4, 0.5) is 0 Å². The third kappa shape index (κ3) is 4.36. The lowest BCUT2D eigenvalue weighted by Gasteiger charge is -2.20. The number of nitrogens with zero attached hydrogens (tertiary/aromatic N) is 1. The van der Waals surface area contributed by atoms with Crippen molar-refractivity contribution in [3.05, 3.63) is 15.6 Å². The van der Waals surface area contributed by atoms with Crippen molar-refractivity contribution in [1.82, 2.24) is 10.3 Å². The van der Waals surface area contributed by atoms with Crippen LogP contribution in [0, 0.1) is 0 Å². The van der Waals surface area contributed by atoms with Crippen LogP contribution in [0.1, 0.15) is 76.9 Å². The summed E-state index contributed by atoms with van der Waals surface area (Å²) in [5, 5.41) is 4.82. The quantitative estimate of drug-likeness (QED) is 0.876. The van der Waals surface area contributed by atoms with Gasteiger partial charge in [0.25, 0.3) is 0 Å². The Labute approximate surface area is 116 Å². The molecular weight excluding hydrogens is 240 g/mol. The number of thiazole rings is 1. The lowest BCUT2D eigenvalue weighted by molar-refractivity contribution is 0.425. The van der Waals surface area contributed by atoms with Gasteiger partial charge in [-0.3, -0.25) is 0 Å². The molecule has 3 heteroatoms. The molecule has 2 nitrogen and oxygen atoms in total. The van der Waals surface area contributed by atoms with Crippen LogP contribution in [-0.2, 0) is 12.0 Å².